The second kappa shape index (κ2) is 6.15. The molecule has 6 heteroatoms. The molecule has 0 radical (unpaired) electrons. The van der Waals surface area contributed by atoms with E-state index in [1.54, 1.807) is 20.2 Å². The SMILES string of the molecule is COc1cc(C)ccc1C(=O)CN(C)C1CCS(=O)(=O)C1. The van der Waals surface area contributed by atoms with Crippen LogP contribution in [0, 0.1) is 6.92 Å². The summed E-state index contributed by atoms with van der Waals surface area (Å²) in [4.78, 5) is 14.2. The summed E-state index contributed by atoms with van der Waals surface area (Å²) < 4.78 is 28.3. The first kappa shape index (κ1) is 16.0. The van der Waals surface area contributed by atoms with E-state index in [-0.39, 0.29) is 29.9 Å². The van der Waals surface area contributed by atoms with Crippen molar-refractivity contribution in [3.05, 3.63) is 29.3 Å². The number of carbonyl (C=O) groups excluding carboxylic acids is 1. The highest BCUT2D eigenvalue weighted by Crippen LogP contribution is 2.22. The molecule has 1 heterocycles. The lowest BCUT2D eigenvalue weighted by Crippen LogP contribution is -2.36. The van der Waals surface area contributed by atoms with E-state index in [1.165, 1.54) is 0 Å². The molecular formula is C15H21NO4S. The average Bonchev–Trinajstić information content (AvgIpc) is 2.78. The van der Waals surface area contributed by atoms with Crippen molar-refractivity contribution in [3.63, 3.8) is 0 Å². The Bertz CT molecular complexity index is 639. The molecule has 116 valence electrons. The number of aryl methyl sites for hydroxylation is 1. The Morgan fingerprint density at radius 3 is 2.71 bits per heavy atom. The molecule has 1 unspecified atom stereocenters. The van der Waals surface area contributed by atoms with Gasteiger partial charge in [-0.3, -0.25) is 9.69 Å². The van der Waals surface area contributed by atoms with E-state index in [4.69, 9.17) is 4.74 Å². The summed E-state index contributed by atoms with van der Waals surface area (Å²) in [5.74, 6) is 0.859. The molecule has 1 atom stereocenters. The molecule has 1 aliphatic rings. The molecule has 1 fully saturated rings. The Balaban J connectivity index is 2.08. The molecule has 1 aromatic carbocycles. The van der Waals surface area contributed by atoms with Gasteiger partial charge in [0.2, 0.25) is 0 Å². The van der Waals surface area contributed by atoms with Crippen molar-refractivity contribution in [1.29, 1.82) is 0 Å². The summed E-state index contributed by atoms with van der Waals surface area (Å²) in [6.45, 7) is 2.13. The maximum atomic E-state index is 12.4. The summed E-state index contributed by atoms with van der Waals surface area (Å²) in [6, 6.07) is 5.38. The van der Waals surface area contributed by atoms with Gasteiger partial charge < -0.3 is 4.74 Å². The second-order valence-corrected chi connectivity index (χ2v) is 7.83. The maximum absolute atomic E-state index is 12.4. The Morgan fingerprint density at radius 2 is 2.14 bits per heavy atom. The van der Waals surface area contributed by atoms with E-state index < -0.39 is 9.84 Å². The van der Waals surface area contributed by atoms with Gasteiger partial charge in [0.15, 0.2) is 15.6 Å². The Morgan fingerprint density at radius 1 is 1.43 bits per heavy atom. The zero-order valence-corrected chi connectivity index (χ0v) is 13.4. The van der Waals surface area contributed by atoms with E-state index in [2.05, 4.69) is 0 Å². The normalized spacial score (nSPS) is 20.7. The predicted octanol–water partition coefficient (Wildman–Crippen LogP) is 1.31. The minimum Gasteiger partial charge on any atom is -0.496 e. The van der Waals surface area contributed by atoms with Crippen molar-refractivity contribution in [2.24, 2.45) is 0 Å². The number of ketones is 1. The number of nitrogens with zero attached hydrogens (tertiary/aromatic N) is 1. The maximum Gasteiger partial charge on any atom is 0.180 e. The van der Waals surface area contributed by atoms with Crippen LogP contribution in [0.3, 0.4) is 0 Å². The standard InChI is InChI=1S/C15H21NO4S/c1-11-4-5-13(15(8-11)20-3)14(17)9-16(2)12-6-7-21(18,19)10-12/h4-5,8,12H,6-7,9-10H2,1-3H3. The van der Waals surface area contributed by atoms with Crippen LogP contribution in [-0.2, 0) is 9.84 Å². The molecule has 21 heavy (non-hydrogen) atoms. The van der Waals surface area contributed by atoms with E-state index in [1.807, 2.05) is 24.0 Å². The number of Topliss-reactive ketones (excluding diaryl/α,β-unsaturated/α-hetero) is 1. The lowest BCUT2D eigenvalue weighted by Gasteiger charge is -2.22. The van der Waals surface area contributed by atoms with E-state index in [0.29, 0.717) is 17.7 Å². The summed E-state index contributed by atoms with van der Waals surface area (Å²) in [7, 11) is 0.399. The predicted molar refractivity (Wildman–Crippen MR) is 81.8 cm³/mol. The van der Waals surface area contributed by atoms with Crippen LogP contribution >= 0.6 is 0 Å². The number of rotatable bonds is 5. The zero-order valence-electron chi connectivity index (χ0n) is 12.6. The highest BCUT2D eigenvalue weighted by Gasteiger charge is 2.31. The van der Waals surface area contributed by atoms with Crippen LogP contribution in [0.4, 0.5) is 0 Å². The minimum absolute atomic E-state index is 0.0568. The molecular weight excluding hydrogens is 290 g/mol. The number of likely N-dealkylation sites (N-methyl/N-ethyl adjacent to an activating group) is 1. The first-order chi connectivity index (χ1) is 9.82. The fraction of sp³-hybridized carbons (Fsp3) is 0.533. The van der Waals surface area contributed by atoms with Crippen LogP contribution < -0.4 is 4.74 Å². The lowest BCUT2D eigenvalue weighted by atomic mass is 10.1. The van der Waals surface area contributed by atoms with Crippen LogP contribution in [0.5, 0.6) is 5.75 Å². The number of hydrogen-bond donors (Lipinski definition) is 0. The molecule has 0 aliphatic carbocycles. The molecule has 1 aromatic rings. The smallest absolute Gasteiger partial charge is 0.180 e. The molecule has 1 saturated heterocycles. The second-order valence-electron chi connectivity index (χ2n) is 5.60. The minimum atomic E-state index is -2.94. The van der Waals surface area contributed by atoms with Gasteiger partial charge >= 0.3 is 0 Å². The fourth-order valence-electron chi connectivity index (χ4n) is 2.59. The van der Waals surface area contributed by atoms with Crippen LogP contribution in [0.2, 0.25) is 0 Å². The molecule has 0 aromatic heterocycles. The first-order valence-corrected chi connectivity index (χ1v) is 8.73. The van der Waals surface area contributed by atoms with Crippen molar-refractivity contribution in [2.45, 2.75) is 19.4 Å². The van der Waals surface area contributed by atoms with Gasteiger partial charge in [0.25, 0.3) is 0 Å². The highest BCUT2D eigenvalue weighted by molar-refractivity contribution is 7.91. The van der Waals surface area contributed by atoms with Crippen LogP contribution in [-0.4, -0.2) is 57.4 Å². The van der Waals surface area contributed by atoms with Crippen molar-refractivity contribution in [1.82, 2.24) is 4.90 Å². The van der Waals surface area contributed by atoms with Crippen molar-refractivity contribution in [2.75, 3.05) is 32.2 Å². The number of methoxy groups -OCH3 is 1. The van der Waals surface area contributed by atoms with Gasteiger partial charge in [0.05, 0.1) is 30.7 Å². The number of carbonyl (C=O) groups is 1. The third kappa shape index (κ3) is 3.83. The molecule has 0 N–H and O–H groups in total. The van der Waals surface area contributed by atoms with E-state index in [0.717, 1.165) is 5.56 Å². The zero-order chi connectivity index (χ0) is 15.6. The molecule has 5 nitrogen and oxygen atoms in total. The summed E-state index contributed by atoms with van der Waals surface area (Å²) >= 11 is 0. The number of benzene rings is 1. The molecule has 1 aliphatic heterocycles. The van der Waals surface area contributed by atoms with Crippen molar-refractivity contribution < 1.29 is 17.9 Å². The topological polar surface area (TPSA) is 63.7 Å². The van der Waals surface area contributed by atoms with E-state index >= 15 is 0 Å². The van der Waals surface area contributed by atoms with Crippen molar-refractivity contribution in [3.8, 4) is 5.75 Å². The molecule has 0 bridgehead atoms. The average molecular weight is 311 g/mol. The third-order valence-electron chi connectivity index (χ3n) is 3.88. The first-order valence-electron chi connectivity index (χ1n) is 6.91. The van der Waals surface area contributed by atoms with Crippen LogP contribution in [0.15, 0.2) is 18.2 Å². The number of ether oxygens (including phenoxy) is 1. The van der Waals surface area contributed by atoms with E-state index in [9.17, 15) is 13.2 Å². The van der Waals surface area contributed by atoms with Crippen molar-refractivity contribution >= 4 is 15.6 Å². The van der Waals surface area contributed by atoms with Gasteiger partial charge in [-0.2, -0.15) is 0 Å². The Labute approximate surface area is 125 Å². The van der Waals surface area contributed by atoms with Gasteiger partial charge in [-0.1, -0.05) is 6.07 Å². The quantitative estimate of drug-likeness (QED) is 0.767. The highest BCUT2D eigenvalue weighted by atomic mass is 32.2. The summed E-state index contributed by atoms with van der Waals surface area (Å²) in [6.07, 6.45) is 0.594. The third-order valence-corrected chi connectivity index (χ3v) is 5.63. The van der Waals surface area contributed by atoms with Gasteiger partial charge in [-0.05, 0) is 38.1 Å². The largest absolute Gasteiger partial charge is 0.496 e. The molecule has 0 saturated carbocycles. The van der Waals surface area contributed by atoms with Crippen LogP contribution in [0.25, 0.3) is 0 Å². The monoisotopic (exact) mass is 311 g/mol. The summed E-state index contributed by atoms with van der Waals surface area (Å²) in [5, 5.41) is 0. The van der Waals surface area contributed by atoms with Crippen LogP contribution in [0.1, 0.15) is 22.3 Å². The lowest BCUT2D eigenvalue weighted by molar-refractivity contribution is 0.0923. The van der Waals surface area contributed by atoms with Gasteiger partial charge in [-0.15, -0.1) is 0 Å². The Kier molecular flexibility index (Phi) is 4.68. The Hall–Kier alpha value is -1.40. The fourth-order valence-corrected chi connectivity index (χ4v) is 4.40. The molecule has 2 rings (SSSR count). The summed E-state index contributed by atoms with van der Waals surface area (Å²) in [5.41, 5.74) is 1.56. The van der Waals surface area contributed by atoms with Gasteiger partial charge in [-0.25, -0.2) is 8.42 Å². The van der Waals surface area contributed by atoms with Gasteiger partial charge in [0.1, 0.15) is 5.75 Å². The number of hydrogen-bond acceptors (Lipinski definition) is 5. The molecule has 0 spiro atoms. The van der Waals surface area contributed by atoms with Gasteiger partial charge in [0, 0.05) is 6.04 Å². The molecule has 0 amide bonds. The number of sulfone groups is 1.